The van der Waals surface area contributed by atoms with Crippen molar-refractivity contribution in [3.05, 3.63) is 65.9 Å². The molecular formula is C18H19N5O. The summed E-state index contributed by atoms with van der Waals surface area (Å²) in [7, 11) is 1.64. The minimum Gasteiger partial charge on any atom is -0.497 e. The van der Waals surface area contributed by atoms with Crippen LogP contribution in [-0.4, -0.2) is 22.3 Å². The fraction of sp³-hybridized carbons (Fsp3) is 0.167. The van der Waals surface area contributed by atoms with Gasteiger partial charge < -0.3 is 15.4 Å². The van der Waals surface area contributed by atoms with Crippen LogP contribution < -0.4 is 15.4 Å². The number of nitrogens with one attached hydrogen (secondary N) is 2. The fourth-order valence-corrected chi connectivity index (χ4v) is 2.26. The van der Waals surface area contributed by atoms with E-state index in [1.54, 1.807) is 13.3 Å². The molecule has 0 aliphatic rings. The van der Waals surface area contributed by atoms with E-state index >= 15 is 0 Å². The summed E-state index contributed by atoms with van der Waals surface area (Å²) in [4.78, 5) is 4.42. The minimum atomic E-state index is 0.481. The molecule has 0 amide bonds. The first-order valence-electron chi connectivity index (χ1n) is 7.63. The number of methoxy groups -OCH3 is 1. The maximum absolute atomic E-state index is 5.15. The second-order valence-electron chi connectivity index (χ2n) is 5.36. The number of nitrogens with zero attached hydrogens (tertiary/aromatic N) is 3. The zero-order valence-electron chi connectivity index (χ0n) is 13.7. The smallest absolute Gasteiger partial charge is 0.244 e. The van der Waals surface area contributed by atoms with Crippen LogP contribution >= 0.6 is 0 Å². The van der Waals surface area contributed by atoms with Crippen molar-refractivity contribution in [3.8, 4) is 5.75 Å². The van der Waals surface area contributed by atoms with Gasteiger partial charge in [-0.2, -0.15) is 10.1 Å². The Morgan fingerprint density at radius 2 is 1.92 bits per heavy atom. The van der Waals surface area contributed by atoms with Crippen LogP contribution in [0.15, 0.2) is 54.7 Å². The number of anilines is 3. The van der Waals surface area contributed by atoms with E-state index in [1.165, 1.54) is 11.1 Å². The Hall–Kier alpha value is -3.15. The Labute approximate surface area is 140 Å². The van der Waals surface area contributed by atoms with Crippen molar-refractivity contribution in [1.29, 1.82) is 0 Å². The van der Waals surface area contributed by atoms with Crippen LogP contribution in [0.1, 0.15) is 11.1 Å². The number of benzene rings is 2. The molecule has 3 aromatic rings. The monoisotopic (exact) mass is 321 g/mol. The molecular weight excluding hydrogens is 302 g/mol. The highest BCUT2D eigenvalue weighted by molar-refractivity contribution is 5.57. The van der Waals surface area contributed by atoms with Crippen LogP contribution in [0.25, 0.3) is 0 Å². The molecule has 0 saturated carbocycles. The van der Waals surface area contributed by atoms with E-state index in [0.29, 0.717) is 18.3 Å². The third-order valence-corrected chi connectivity index (χ3v) is 3.45. The Morgan fingerprint density at radius 1 is 1.08 bits per heavy atom. The van der Waals surface area contributed by atoms with Gasteiger partial charge in [-0.05, 0) is 36.8 Å². The number of hydrogen-bond acceptors (Lipinski definition) is 6. The Balaban J connectivity index is 1.65. The summed E-state index contributed by atoms with van der Waals surface area (Å²) in [6.07, 6.45) is 1.59. The number of aromatic nitrogens is 3. The lowest BCUT2D eigenvalue weighted by atomic mass is 10.1. The summed E-state index contributed by atoms with van der Waals surface area (Å²) in [5.41, 5.74) is 3.30. The Kier molecular flexibility index (Phi) is 4.86. The van der Waals surface area contributed by atoms with Crippen molar-refractivity contribution in [1.82, 2.24) is 15.2 Å². The normalized spacial score (nSPS) is 10.2. The van der Waals surface area contributed by atoms with Crippen molar-refractivity contribution in [2.45, 2.75) is 13.5 Å². The van der Waals surface area contributed by atoms with Gasteiger partial charge in [0, 0.05) is 12.2 Å². The molecule has 2 N–H and O–H groups in total. The lowest BCUT2D eigenvalue weighted by molar-refractivity contribution is 0.415. The van der Waals surface area contributed by atoms with Crippen LogP contribution in [0.2, 0.25) is 0 Å². The van der Waals surface area contributed by atoms with Crippen LogP contribution in [0.4, 0.5) is 17.5 Å². The zero-order chi connectivity index (χ0) is 16.8. The Morgan fingerprint density at radius 3 is 2.67 bits per heavy atom. The Bertz CT molecular complexity index is 805. The molecule has 6 heteroatoms. The molecule has 0 fully saturated rings. The van der Waals surface area contributed by atoms with E-state index in [1.807, 2.05) is 30.3 Å². The summed E-state index contributed by atoms with van der Waals surface area (Å²) in [5.74, 6) is 1.92. The predicted octanol–water partition coefficient (Wildman–Crippen LogP) is 3.54. The standard InChI is InChI=1S/C18H19N5O/c1-13-4-3-5-14(10-13)11-19-18-22-17(12-20-23-18)21-15-6-8-16(24-2)9-7-15/h3-10,12H,11H2,1-2H3,(H2,19,21,22,23). The summed E-state index contributed by atoms with van der Waals surface area (Å²) < 4.78 is 5.15. The van der Waals surface area contributed by atoms with Crippen LogP contribution in [-0.2, 0) is 6.54 Å². The SMILES string of the molecule is COc1ccc(Nc2cnnc(NCc3cccc(C)c3)n2)cc1. The van der Waals surface area contributed by atoms with Gasteiger partial charge in [-0.15, -0.1) is 5.10 Å². The van der Waals surface area contributed by atoms with E-state index in [0.717, 1.165) is 11.4 Å². The van der Waals surface area contributed by atoms with Crippen molar-refractivity contribution in [3.63, 3.8) is 0 Å². The van der Waals surface area contributed by atoms with Gasteiger partial charge >= 0.3 is 0 Å². The fourth-order valence-electron chi connectivity index (χ4n) is 2.26. The van der Waals surface area contributed by atoms with Gasteiger partial charge in [0.15, 0.2) is 5.82 Å². The van der Waals surface area contributed by atoms with Crippen molar-refractivity contribution < 1.29 is 4.74 Å². The molecule has 0 bridgehead atoms. The molecule has 0 radical (unpaired) electrons. The lowest BCUT2D eigenvalue weighted by Crippen LogP contribution is -2.06. The molecule has 1 aromatic heterocycles. The third-order valence-electron chi connectivity index (χ3n) is 3.45. The quantitative estimate of drug-likeness (QED) is 0.723. The average Bonchev–Trinajstić information content (AvgIpc) is 2.61. The van der Waals surface area contributed by atoms with Gasteiger partial charge in [0.2, 0.25) is 5.95 Å². The van der Waals surface area contributed by atoms with E-state index < -0.39 is 0 Å². The summed E-state index contributed by atoms with van der Waals surface area (Å²) >= 11 is 0. The van der Waals surface area contributed by atoms with Crippen LogP contribution in [0.3, 0.4) is 0 Å². The van der Waals surface area contributed by atoms with Gasteiger partial charge in [-0.1, -0.05) is 29.8 Å². The highest BCUT2D eigenvalue weighted by Gasteiger charge is 2.02. The average molecular weight is 321 g/mol. The molecule has 1 heterocycles. The minimum absolute atomic E-state index is 0.481. The second kappa shape index (κ2) is 7.41. The first-order valence-corrected chi connectivity index (χ1v) is 7.63. The maximum atomic E-state index is 5.15. The van der Waals surface area contributed by atoms with Crippen molar-refractivity contribution in [2.75, 3.05) is 17.7 Å². The van der Waals surface area contributed by atoms with Gasteiger partial charge in [-0.3, -0.25) is 0 Å². The van der Waals surface area contributed by atoms with E-state index in [2.05, 4.69) is 50.9 Å². The van der Waals surface area contributed by atoms with E-state index in [9.17, 15) is 0 Å². The molecule has 3 rings (SSSR count). The third kappa shape index (κ3) is 4.19. The zero-order valence-corrected chi connectivity index (χ0v) is 13.7. The molecule has 0 unspecified atom stereocenters. The lowest BCUT2D eigenvalue weighted by Gasteiger charge is -2.08. The van der Waals surface area contributed by atoms with E-state index in [-0.39, 0.29) is 0 Å². The molecule has 6 nitrogen and oxygen atoms in total. The number of aryl methyl sites for hydroxylation is 1. The van der Waals surface area contributed by atoms with Crippen molar-refractivity contribution in [2.24, 2.45) is 0 Å². The molecule has 0 aliphatic carbocycles. The number of ether oxygens (including phenoxy) is 1. The molecule has 24 heavy (non-hydrogen) atoms. The summed E-state index contributed by atoms with van der Waals surface area (Å²) in [6, 6.07) is 15.9. The van der Waals surface area contributed by atoms with Gasteiger partial charge in [0.25, 0.3) is 0 Å². The topological polar surface area (TPSA) is 72.0 Å². The molecule has 0 saturated heterocycles. The van der Waals surface area contributed by atoms with Crippen LogP contribution in [0, 0.1) is 6.92 Å². The largest absolute Gasteiger partial charge is 0.497 e. The second-order valence-corrected chi connectivity index (χ2v) is 5.36. The van der Waals surface area contributed by atoms with Crippen LogP contribution in [0.5, 0.6) is 5.75 Å². The molecule has 0 spiro atoms. The van der Waals surface area contributed by atoms with E-state index in [4.69, 9.17) is 4.74 Å². The molecule has 0 aliphatic heterocycles. The summed E-state index contributed by atoms with van der Waals surface area (Å²) in [6.45, 7) is 2.72. The van der Waals surface area contributed by atoms with Gasteiger partial charge in [0.1, 0.15) is 5.75 Å². The maximum Gasteiger partial charge on any atom is 0.244 e. The predicted molar refractivity (Wildman–Crippen MR) is 94.6 cm³/mol. The highest BCUT2D eigenvalue weighted by atomic mass is 16.5. The highest BCUT2D eigenvalue weighted by Crippen LogP contribution is 2.18. The van der Waals surface area contributed by atoms with Crippen molar-refractivity contribution >= 4 is 17.5 Å². The number of hydrogen-bond donors (Lipinski definition) is 2. The molecule has 122 valence electrons. The van der Waals surface area contributed by atoms with Gasteiger partial charge in [0.05, 0.1) is 13.3 Å². The first-order chi connectivity index (χ1) is 11.7. The number of rotatable bonds is 6. The van der Waals surface area contributed by atoms with Gasteiger partial charge in [-0.25, -0.2) is 0 Å². The summed E-state index contributed by atoms with van der Waals surface area (Å²) in [5, 5.41) is 14.4. The molecule has 0 atom stereocenters. The molecule has 2 aromatic carbocycles. The first kappa shape index (κ1) is 15.7.